The van der Waals surface area contributed by atoms with Crippen LogP contribution in [0.25, 0.3) is 10.8 Å². The fourth-order valence-corrected chi connectivity index (χ4v) is 3.26. The number of amides is 1. The zero-order chi connectivity index (χ0) is 18.7. The second-order valence-electron chi connectivity index (χ2n) is 5.44. The summed E-state index contributed by atoms with van der Waals surface area (Å²) in [6.07, 6.45) is 1.53. The van der Waals surface area contributed by atoms with Crippen molar-refractivity contribution in [1.82, 2.24) is 4.98 Å². The van der Waals surface area contributed by atoms with Gasteiger partial charge in [0.25, 0.3) is 5.91 Å². The molecule has 0 spiro atoms. The number of carbonyl (C=O) groups excluding carboxylic acids is 2. The first-order valence-corrected chi connectivity index (χ1v) is 8.88. The van der Waals surface area contributed by atoms with Gasteiger partial charge in [0, 0.05) is 15.6 Å². The van der Waals surface area contributed by atoms with Crippen molar-refractivity contribution in [2.75, 3.05) is 11.9 Å². The van der Waals surface area contributed by atoms with Gasteiger partial charge in [-0.1, -0.05) is 17.7 Å². The minimum Gasteiger partial charge on any atom is -0.462 e. The Morgan fingerprint density at radius 2 is 2.08 bits per heavy atom. The van der Waals surface area contributed by atoms with Crippen LogP contribution in [0.15, 0.2) is 41.0 Å². The summed E-state index contributed by atoms with van der Waals surface area (Å²) in [6, 6.07) is 8.68. The quantitative estimate of drug-likeness (QED) is 0.650. The molecular weight excluding hydrogens is 376 g/mol. The monoisotopic (exact) mass is 390 g/mol. The van der Waals surface area contributed by atoms with Gasteiger partial charge in [-0.25, -0.2) is 9.78 Å². The van der Waals surface area contributed by atoms with Crippen molar-refractivity contribution in [2.45, 2.75) is 13.8 Å². The van der Waals surface area contributed by atoms with E-state index in [2.05, 4.69) is 10.3 Å². The Bertz CT molecular complexity index is 950. The van der Waals surface area contributed by atoms with E-state index >= 15 is 0 Å². The smallest absolute Gasteiger partial charge is 0.358 e. The van der Waals surface area contributed by atoms with Crippen molar-refractivity contribution >= 4 is 40.5 Å². The third-order valence-electron chi connectivity index (χ3n) is 3.60. The second kappa shape index (κ2) is 7.72. The number of nitrogens with one attached hydrogen (secondary N) is 1. The van der Waals surface area contributed by atoms with E-state index in [1.807, 2.05) is 0 Å². The zero-order valence-electron chi connectivity index (χ0n) is 14.0. The lowest BCUT2D eigenvalue weighted by atomic mass is 10.2. The SMILES string of the molecule is Cc1sc(-c2ccco2)nc1C(=O)OCC(=O)Nc1cccc(Cl)c1C. The third-order valence-corrected chi connectivity index (χ3v) is 4.99. The Labute approximate surface area is 158 Å². The number of hydrogen-bond acceptors (Lipinski definition) is 6. The van der Waals surface area contributed by atoms with E-state index in [4.69, 9.17) is 20.8 Å². The van der Waals surface area contributed by atoms with Crippen LogP contribution in [0.3, 0.4) is 0 Å². The molecule has 0 aliphatic heterocycles. The standard InChI is InChI=1S/C18H15ClN2O4S/c1-10-12(19)5-3-6-13(10)20-15(22)9-25-18(23)16-11(2)26-17(21-16)14-7-4-8-24-14/h3-8H,9H2,1-2H3,(H,20,22). The molecule has 3 rings (SSSR count). The van der Waals surface area contributed by atoms with Crippen LogP contribution >= 0.6 is 22.9 Å². The molecule has 1 N–H and O–H groups in total. The van der Waals surface area contributed by atoms with Gasteiger partial charge in [-0.2, -0.15) is 0 Å². The summed E-state index contributed by atoms with van der Waals surface area (Å²) < 4.78 is 10.3. The van der Waals surface area contributed by atoms with E-state index in [-0.39, 0.29) is 5.69 Å². The summed E-state index contributed by atoms with van der Waals surface area (Å²) in [5.74, 6) is -0.538. The van der Waals surface area contributed by atoms with Crippen molar-refractivity contribution in [3.63, 3.8) is 0 Å². The van der Waals surface area contributed by atoms with Crippen LogP contribution in [0.1, 0.15) is 20.9 Å². The summed E-state index contributed by atoms with van der Waals surface area (Å²) in [5.41, 5.74) is 1.49. The molecule has 2 heterocycles. The first-order valence-electron chi connectivity index (χ1n) is 7.69. The molecule has 1 amide bonds. The molecule has 3 aromatic rings. The molecule has 0 atom stereocenters. The molecular formula is C18H15ClN2O4S. The van der Waals surface area contributed by atoms with Gasteiger partial charge in [-0.15, -0.1) is 11.3 Å². The second-order valence-corrected chi connectivity index (χ2v) is 7.05. The number of hydrogen-bond donors (Lipinski definition) is 1. The van der Waals surface area contributed by atoms with Gasteiger partial charge in [0.1, 0.15) is 0 Å². The normalized spacial score (nSPS) is 10.6. The van der Waals surface area contributed by atoms with Gasteiger partial charge < -0.3 is 14.5 Å². The molecule has 2 aromatic heterocycles. The molecule has 8 heteroatoms. The highest BCUT2D eigenvalue weighted by molar-refractivity contribution is 7.15. The molecule has 0 bridgehead atoms. The number of carbonyl (C=O) groups is 2. The molecule has 1 aromatic carbocycles. The number of halogens is 1. The summed E-state index contributed by atoms with van der Waals surface area (Å²) in [6.45, 7) is 3.13. The molecule has 134 valence electrons. The highest BCUT2D eigenvalue weighted by atomic mass is 35.5. The fourth-order valence-electron chi connectivity index (χ4n) is 2.22. The number of aryl methyl sites for hydroxylation is 1. The van der Waals surface area contributed by atoms with Crippen molar-refractivity contribution < 1.29 is 18.7 Å². The highest BCUT2D eigenvalue weighted by Gasteiger charge is 2.20. The van der Waals surface area contributed by atoms with Crippen LogP contribution in [0.4, 0.5) is 5.69 Å². The average Bonchev–Trinajstić information content (AvgIpc) is 3.26. The van der Waals surface area contributed by atoms with Crippen LogP contribution in [-0.4, -0.2) is 23.5 Å². The Morgan fingerprint density at radius 1 is 1.27 bits per heavy atom. The van der Waals surface area contributed by atoms with Gasteiger partial charge in [-0.05, 0) is 43.7 Å². The summed E-state index contributed by atoms with van der Waals surface area (Å²) in [7, 11) is 0. The first kappa shape index (κ1) is 18.2. The van der Waals surface area contributed by atoms with Gasteiger partial charge >= 0.3 is 5.97 Å². The van der Waals surface area contributed by atoms with Gasteiger partial charge in [-0.3, -0.25) is 4.79 Å². The predicted molar refractivity (Wildman–Crippen MR) is 99.7 cm³/mol. The molecule has 0 radical (unpaired) electrons. The van der Waals surface area contributed by atoms with Gasteiger partial charge in [0.2, 0.25) is 0 Å². The molecule has 0 aliphatic carbocycles. The molecule has 0 unspecified atom stereocenters. The Kier molecular flexibility index (Phi) is 5.39. The first-order chi connectivity index (χ1) is 12.5. The lowest BCUT2D eigenvalue weighted by Gasteiger charge is -2.09. The van der Waals surface area contributed by atoms with Crippen LogP contribution in [0.5, 0.6) is 0 Å². The van der Waals surface area contributed by atoms with Crippen LogP contribution in [0, 0.1) is 13.8 Å². The van der Waals surface area contributed by atoms with E-state index in [1.165, 1.54) is 17.6 Å². The van der Waals surface area contributed by atoms with E-state index in [0.29, 0.717) is 26.4 Å². The zero-order valence-corrected chi connectivity index (χ0v) is 15.6. The molecule has 26 heavy (non-hydrogen) atoms. The maximum Gasteiger partial charge on any atom is 0.358 e. The molecule has 0 aliphatic rings. The van der Waals surface area contributed by atoms with Crippen molar-refractivity contribution in [2.24, 2.45) is 0 Å². The molecule has 0 saturated carbocycles. The number of aromatic nitrogens is 1. The number of benzene rings is 1. The maximum atomic E-state index is 12.2. The number of rotatable bonds is 5. The summed E-state index contributed by atoms with van der Waals surface area (Å²) in [4.78, 5) is 29.2. The van der Waals surface area contributed by atoms with Crippen LogP contribution in [-0.2, 0) is 9.53 Å². The largest absolute Gasteiger partial charge is 0.462 e. The highest BCUT2D eigenvalue weighted by Crippen LogP contribution is 2.28. The van der Waals surface area contributed by atoms with E-state index in [0.717, 1.165) is 5.56 Å². The maximum absolute atomic E-state index is 12.2. The number of nitrogens with zero attached hydrogens (tertiary/aromatic N) is 1. The van der Waals surface area contributed by atoms with Crippen molar-refractivity contribution in [3.05, 3.63) is 57.8 Å². The number of furan rings is 1. The average molecular weight is 391 g/mol. The Hall–Kier alpha value is -2.64. The van der Waals surface area contributed by atoms with E-state index in [1.54, 1.807) is 44.2 Å². The lowest BCUT2D eigenvalue weighted by Crippen LogP contribution is -2.21. The molecule has 0 fully saturated rings. The summed E-state index contributed by atoms with van der Waals surface area (Å²) >= 11 is 7.34. The van der Waals surface area contributed by atoms with E-state index in [9.17, 15) is 9.59 Å². The van der Waals surface area contributed by atoms with Gasteiger partial charge in [0.05, 0.1) is 6.26 Å². The Balaban J connectivity index is 1.62. The number of thiazole rings is 1. The topological polar surface area (TPSA) is 81.4 Å². The minimum atomic E-state index is -0.658. The lowest BCUT2D eigenvalue weighted by molar-refractivity contribution is -0.119. The van der Waals surface area contributed by atoms with Crippen molar-refractivity contribution in [3.8, 4) is 10.8 Å². The van der Waals surface area contributed by atoms with Crippen molar-refractivity contribution in [1.29, 1.82) is 0 Å². The minimum absolute atomic E-state index is 0.174. The van der Waals surface area contributed by atoms with Gasteiger partial charge in [0.15, 0.2) is 23.1 Å². The number of esters is 1. The fraction of sp³-hybridized carbons (Fsp3) is 0.167. The molecule has 0 saturated heterocycles. The molecule has 6 nitrogen and oxygen atoms in total. The van der Waals surface area contributed by atoms with Crippen LogP contribution in [0.2, 0.25) is 5.02 Å². The predicted octanol–water partition coefficient (Wildman–Crippen LogP) is 4.47. The Morgan fingerprint density at radius 3 is 2.81 bits per heavy atom. The third kappa shape index (κ3) is 3.95. The number of ether oxygens (including phenoxy) is 1. The van der Waals surface area contributed by atoms with Crippen LogP contribution < -0.4 is 5.32 Å². The summed E-state index contributed by atoms with van der Waals surface area (Å²) in [5, 5.41) is 3.79. The number of anilines is 1. The van der Waals surface area contributed by atoms with E-state index < -0.39 is 18.5 Å².